The Morgan fingerprint density at radius 1 is 0.682 bits per heavy atom. The van der Waals surface area contributed by atoms with E-state index in [4.69, 9.17) is 0 Å². The Bertz CT molecular complexity index is 277. The monoisotopic (exact) mass is 330 g/mol. The lowest BCUT2D eigenvalue weighted by Gasteiger charge is -2.03. The highest BCUT2D eigenvalue weighted by molar-refractivity contribution is 7.85. The molecule has 3 heteroatoms. The fraction of sp³-hybridized carbons (Fsp3) is 0.947. The summed E-state index contributed by atoms with van der Waals surface area (Å²) >= 11 is 0. The molecule has 22 heavy (non-hydrogen) atoms. The number of hydrogen-bond donors (Lipinski definition) is 0. The molecule has 0 radical (unpaired) electrons. The second kappa shape index (κ2) is 17.2. The Balaban J connectivity index is 3.08. The second-order valence-corrected chi connectivity index (χ2v) is 8.04. The quantitative estimate of drug-likeness (QED) is 0.316. The third kappa shape index (κ3) is 17.9. The molecule has 2 nitrogen and oxygen atoms in total. The second-order valence-electron chi connectivity index (χ2n) is 6.60. The minimum absolute atomic E-state index is 0.166. The van der Waals surface area contributed by atoms with Crippen molar-refractivity contribution in [1.29, 1.82) is 0 Å². The van der Waals surface area contributed by atoms with Crippen molar-refractivity contribution in [2.24, 2.45) is 0 Å². The molecule has 0 spiro atoms. The predicted molar refractivity (Wildman–Crippen MR) is 98.9 cm³/mol. The predicted octanol–water partition coefficient (Wildman–Crippen LogP) is 5.81. The van der Waals surface area contributed by atoms with Gasteiger partial charge in [-0.3, -0.25) is 9.00 Å². The summed E-state index contributed by atoms with van der Waals surface area (Å²) in [4.78, 5) is 11.4. The fourth-order valence-corrected chi connectivity index (χ4v) is 3.41. The van der Waals surface area contributed by atoms with Crippen molar-refractivity contribution >= 4 is 16.6 Å². The molecule has 0 saturated carbocycles. The largest absolute Gasteiger partial charge is 0.299 e. The Labute approximate surface area is 141 Å². The van der Waals surface area contributed by atoms with Gasteiger partial charge in [0.1, 0.15) is 5.78 Å². The summed E-state index contributed by atoms with van der Waals surface area (Å²) < 4.78 is 10.9. The van der Waals surface area contributed by atoms with Crippen LogP contribution in [0.25, 0.3) is 0 Å². The summed E-state index contributed by atoms with van der Waals surface area (Å²) in [5, 5.41) is 0. The van der Waals surface area contributed by atoms with Gasteiger partial charge in [0, 0.05) is 23.5 Å². The lowest BCUT2D eigenvalue weighted by atomic mass is 10.0. The van der Waals surface area contributed by atoms with Crippen molar-refractivity contribution < 1.29 is 9.00 Å². The lowest BCUT2D eigenvalue weighted by molar-refractivity contribution is -0.116. The Morgan fingerprint density at radius 2 is 1.05 bits per heavy atom. The van der Waals surface area contributed by atoms with E-state index >= 15 is 0 Å². The molecular formula is C19H38O2S. The molecule has 0 bridgehead atoms. The van der Waals surface area contributed by atoms with Gasteiger partial charge in [0.15, 0.2) is 0 Å². The van der Waals surface area contributed by atoms with Crippen LogP contribution in [0.15, 0.2) is 0 Å². The maximum Gasteiger partial charge on any atom is 0.145 e. The van der Waals surface area contributed by atoms with E-state index in [1.807, 2.05) is 0 Å². The molecular weight excluding hydrogens is 292 g/mol. The Morgan fingerprint density at radius 3 is 1.41 bits per heavy atom. The van der Waals surface area contributed by atoms with Gasteiger partial charge in [-0.15, -0.1) is 0 Å². The SMILES string of the molecule is CCCCCCCCCCCCCCCCC(=O)C[S@](C)=O. The molecule has 0 rings (SSSR count). The number of hydrogen-bond acceptors (Lipinski definition) is 2. The third-order valence-corrected chi connectivity index (χ3v) is 4.90. The van der Waals surface area contributed by atoms with Gasteiger partial charge in [0.25, 0.3) is 0 Å². The van der Waals surface area contributed by atoms with Gasteiger partial charge in [-0.05, 0) is 6.42 Å². The van der Waals surface area contributed by atoms with E-state index < -0.39 is 10.8 Å². The highest BCUT2D eigenvalue weighted by Gasteiger charge is 2.03. The molecule has 132 valence electrons. The summed E-state index contributed by atoms with van der Waals surface area (Å²) in [6.45, 7) is 2.27. The normalized spacial score (nSPS) is 12.5. The van der Waals surface area contributed by atoms with Crippen LogP contribution in [-0.2, 0) is 15.6 Å². The summed E-state index contributed by atoms with van der Waals surface area (Å²) in [6.07, 6.45) is 20.9. The zero-order valence-electron chi connectivity index (χ0n) is 15.0. The zero-order valence-corrected chi connectivity index (χ0v) is 15.9. The van der Waals surface area contributed by atoms with Gasteiger partial charge < -0.3 is 0 Å². The van der Waals surface area contributed by atoms with Crippen molar-refractivity contribution in [3.8, 4) is 0 Å². The molecule has 0 unspecified atom stereocenters. The number of carbonyl (C=O) groups is 1. The molecule has 0 fully saturated rings. The average Bonchev–Trinajstić information content (AvgIpc) is 2.47. The molecule has 0 aliphatic carbocycles. The maximum absolute atomic E-state index is 11.4. The molecule has 1 atom stereocenters. The maximum atomic E-state index is 11.4. The smallest absolute Gasteiger partial charge is 0.145 e. The van der Waals surface area contributed by atoms with E-state index in [9.17, 15) is 9.00 Å². The van der Waals surface area contributed by atoms with Crippen molar-refractivity contribution in [2.75, 3.05) is 12.0 Å². The Hall–Kier alpha value is -0.180. The molecule has 0 aromatic rings. The van der Waals surface area contributed by atoms with Crippen LogP contribution in [0.1, 0.15) is 103 Å². The summed E-state index contributed by atoms with van der Waals surface area (Å²) in [7, 11) is -0.963. The highest BCUT2D eigenvalue weighted by atomic mass is 32.2. The fourth-order valence-electron chi connectivity index (χ4n) is 2.82. The number of carbonyl (C=O) groups excluding carboxylic acids is 1. The van der Waals surface area contributed by atoms with Crippen molar-refractivity contribution in [1.82, 2.24) is 0 Å². The molecule has 0 N–H and O–H groups in total. The Kier molecular flexibility index (Phi) is 17.0. The van der Waals surface area contributed by atoms with Crippen LogP contribution in [0, 0.1) is 0 Å². The van der Waals surface area contributed by atoms with E-state index in [1.165, 1.54) is 77.0 Å². The molecule has 0 aromatic heterocycles. The minimum Gasteiger partial charge on any atom is -0.299 e. The van der Waals surface area contributed by atoms with Gasteiger partial charge in [0.05, 0.1) is 5.75 Å². The summed E-state index contributed by atoms with van der Waals surface area (Å²) in [5.74, 6) is 0.415. The van der Waals surface area contributed by atoms with Crippen molar-refractivity contribution in [2.45, 2.75) is 103 Å². The molecule has 0 aliphatic heterocycles. The number of Topliss-reactive ketones (excluding diaryl/α,β-unsaturated/α-hetero) is 1. The molecule has 0 aromatic carbocycles. The molecule has 0 heterocycles. The van der Waals surface area contributed by atoms with Gasteiger partial charge >= 0.3 is 0 Å². The van der Waals surface area contributed by atoms with E-state index in [0.29, 0.717) is 6.42 Å². The van der Waals surface area contributed by atoms with E-state index in [2.05, 4.69) is 6.92 Å². The lowest BCUT2D eigenvalue weighted by Crippen LogP contribution is -2.08. The molecule has 0 saturated heterocycles. The minimum atomic E-state index is -0.963. The summed E-state index contributed by atoms with van der Waals surface area (Å²) in [5.41, 5.74) is 0. The first-order valence-electron chi connectivity index (χ1n) is 9.48. The van der Waals surface area contributed by atoms with Crippen LogP contribution in [0.5, 0.6) is 0 Å². The number of unbranched alkanes of at least 4 members (excludes halogenated alkanes) is 13. The first-order chi connectivity index (χ1) is 10.7. The zero-order chi connectivity index (χ0) is 16.5. The van der Waals surface area contributed by atoms with E-state index in [1.54, 1.807) is 6.26 Å². The third-order valence-electron chi connectivity index (χ3n) is 4.17. The molecule has 0 amide bonds. The van der Waals surface area contributed by atoms with Crippen molar-refractivity contribution in [3.63, 3.8) is 0 Å². The topological polar surface area (TPSA) is 34.1 Å². The number of ketones is 1. The van der Waals surface area contributed by atoms with Gasteiger partial charge in [0.2, 0.25) is 0 Å². The van der Waals surface area contributed by atoms with Crippen LogP contribution < -0.4 is 0 Å². The first kappa shape index (κ1) is 21.8. The van der Waals surface area contributed by atoms with E-state index in [0.717, 1.165) is 12.8 Å². The van der Waals surface area contributed by atoms with Crippen LogP contribution >= 0.6 is 0 Å². The highest BCUT2D eigenvalue weighted by Crippen LogP contribution is 2.13. The van der Waals surface area contributed by atoms with Crippen LogP contribution in [-0.4, -0.2) is 22.0 Å². The average molecular weight is 331 g/mol. The van der Waals surface area contributed by atoms with Crippen molar-refractivity contribution in [3.05, 3.63) is 0 Å². The number of rotatable bonds is 17. The van der Waals surface area contributed by atoms with Crippen LogP contribution in [0.4, 0.5) is 0 Å². The van der Waals surface area contributed by atoms with Crippen LogP contribution in [0.2, 0.25) is 0 Å². The first-order valence-corrected chi connectivity index (χ1v) is 11.2. The van der Waals surface area contributed by atoms with Gasteiger partial charge in [-0.25, -0.2) is 0 Å². The van der Waals surface area contributed by atoms with Crippen LogP contribution in [0.3, 0.4) is 0 Å². The standard InChI is InChI=1S/C19H38O2S/c1-3-4-5-6-7-8-9-10-11-12-13-14-15-16-17-19(20)18-22(2)21/h3-18H2,1-2H3/t22-/m0/s1. The summed E-state index contributed by atoms with van der Waals surface area (Å²) in [6, 6.07) is 0. The van der Waals surface area contributed by atoms with Gasteiger partial charge in [-0.1, -0.05) is 90.4 Å². The van der Waals surface area contributed by atoms with Gasteiger partial charge in [-0.2, -0.15) is 0 Å². The van der Waals surface area contributed by atoms with E-state index in [-0.39, 0.29) is 11.5 Å². The molecule has 0 aliphatic rings.